The number of nitrogens with one attached hydrogen (secondary N) is 1. The first-order valence-corrected chi connectivity index (χ1v) is 11.3. The molecule has 2 aliphatic rings. The maximum Gasteiger partial charge on any atom is 0.297 e. The zero-order valence-corrected chi connectivity index (χ0v) is 17.8. The van der Waals surface area contributed by atoms with Crippen LogP contribution in [0.1, 0.15) is 46.8 Å². The average molecular weight is 458 g/mol. The van der Waals surface area contributed by atoms with Crippen LogP contribution in [0, 0.1) is 0 Å². The normalized spacial score (nSPS) is 28.6. The number of alkyl halides is 2. The molecular weight excluding hydrogens is 440 g/mol. The third-order valence-corrected chi connectivity index (χ3v) is 7.62. The molecule has 0 aliphatic carbocycles. The van der Waals surface area contributed by atoms with Crippen LogP contribution in [0.4, 0.5) is 8.78 Å². The lowest BCUT2D eigenvalue weighted by atomic mass is 9.78. The van der Waals surface area contributed by atoms with E-state index >= 15 is 0 Å². The number of piperidine rings is 1. The monoisotopic (exact) mass is 457 g/mol. The van der Waals surface area contributed by atoms with Crippen molar-refractivity contribution in [1.29, 1.82) is 0 Å². The molecule has 5 rings (SSSR count). The Balaban J connectivity index is 1.45. The van der Waals surface area contributed by atoms with Crippen LogP contribution in [0.3, 0.4) is 0 Å². The highest BCUT2D eigenvalue weighted by atomic mass is 35.5. The Hall–Kier alpha value is -1.46. The first kappa shape index (κ1) is 19.5. The van der Waals surface area contributed by atoms with Gasteiger partial charge in [-0.1, -0.05) is 16.8 Å². The molecule has 0 saturated carbocycles. The number of hydrogen-bond acceptors (Lipinski definition) is 7. The van der Waals surface area contributed by atoms with E-state index in [4.69, 9.17) is 16.3 Å². The molecule has 1 fully saturated rings. The van der Waals surface area contributed by atoms with Crippen molar-refractivity contribution in [3.8, 4) is 0 Å². The van der Waals surface area contributed by atoms with Crippen molar-refractivity contribution in [2.24, 2.45) is 0 Å². The summed E-state index contributed by atoms with van der Waals surface area (Å²) in [5.74, 6) is -3.02. The Kier molecular flexibility index (Phi) is 4.74. The molecule has 1 N–H and O–H groups in total. The van der Waals surface area contributed by atoms with Crippen LogP contribution >= 0.6 is 34.3 Å². The van der Waals surface area contributed by atoms with Crippen LogP contribution in [-0.4, -0.2) is 32.6 Å². The highest BCUT2D eigenvalue weighted by molar-refractivity contribution is 7.16. The van der Waals surface area contributed by atoms with Gasteiger partial charge in [-0.3, -0.25) is 4.98 Å². The van der Waals surface area contributed by atoms with Gasteiger partial charge in [0.05, 0.1) is 34.3 Å². The number of ether oxygens (including phenoxy) is 1. The van der Waals surface area contributed by atoms with Crippen molar-refractivity contribution in [3.05, 3.63) is 49.3 Å². The van der Waals surface area contributed by atoms with Gasteiger partial charge in [-0.05, 0) is 19.4 Å². The molecule has 5 heterocycles. The van der Waals surface area contributed by atoms with Gasteiger partial charge < -0.3 is 10.1 Å². The second-order valence-electron chi connectivity index (χ2n) is 7.62. The van der Waals surface area contributed by atoms with Gasteiger partial charge in [-0.15, -0.1) is 27.8 Å². The van der Waals surface area contributed by atoms with Crippen molar-refractivity contribution >= 4 is 34.3 Å². The maximum atomic E-state index is 14.4. The summed E-state index contributed by atoms with van der Waals surface area (Å²) in [6.45, 7) is 1.99. The van der Waals surface area contributed by atoms with E-state index in [2.05, 4.69) is 20.6 Å². The molecule has 6 nitrogen and oxygen atoms in total. The van der Waals surface area contributed by atoms with E-state index in [0.717, 1.165) is 10.6 Å². The number of aromatic nitrogens is 4. The van der Waals surface area contributed by atoms with Crippen molar-refractivity contribution in [2.75, 3.05) is 6.61 Å². The molecule has 29 heavy (non-hydrogen) atoms. The van der Waals surface area contributed by atoms with Crippen LogP contribution in [0.2, 0.25) is 4.34 Å². The standard InChI is InChI=1S/C18H18ClF2N5OS2/c1-10-3-17(16-12(2-15(19)29-16)18(20,21)8-27-17)4-13(23-10)14-7-26(25-24-14)6-11-5-22-9-28-11/h2,5,7,9-10,13,23H,3-4,6,8H2,1H3/t10-,13-,17-/m0/s1. The van der Waals surface area contributed by atoms with Gasteiger partial charge in [-0.25, -0.2) is 4.68 Å². The number of thiophene rings is 1. The maximum absolute atomic E-state index is 14.4. The van der Waals surface area contributed by atoms with Crippen molar-refractivity contribution in [1.82, 2.24) is 25.3 Å². The lowest BCUT2D eigenvalue weighted by Gasteiger charge is -2.47. The lowest BCUT2D eigenvalue weighted by molar-refractivity contribution is -0.183. The number of fused-ring (bicyclic) bond motifs is 2. The molecule has 0 bridgehead atoms. The van der Waals surface area contributed by atoms with E-state index in [1.165, 1.54) is 17.4 Å². The smallest absolute Gasteiger partial charge is 0.297 e. The molecule has 3 atom stereocenters. The summed E-state index contributed by atoms with van der Waals surface area (Å²) in [5.41, 5.74) is 1.75. The van der Waals surface area contributed by atoms with Gasteiger partial charge in [0.1, 0.15) is 12.2 Å². The van der Waals surface area contributed by atoms with Crippen molar-refractivity contribution in [3.63, 3.8) is 0 Å². The van der Waals surface area contributed by atoms with Crippen molar-refractivity contribution < 1.29 is 13.5 Å². The van der Waals surface area contributed by atoms with E-state index < -0.39 is 18.1 Å². The minimum absolute atomic E-state index is 0.000416. The fourth-order valence-corrected chi connectivity index (χ4v) is 6.26. The minimum Gasteiger partial charge on any atom is -0.363 e. The van der Waals surface area contributed by atoms with Crippen LogP contribution in [0.15, 0.2) is 24.0 Å². The summed E-state index contributed by atoms with van der Waals surface area (Å²) in [7, 11) is 0. The Bertz CT molecular complexity index is 1020. The van der Waals surface area contributed by atoms with Gasteiger partial charge in [0, 0.05) is 34.0 Å². The van der Waals surface area contributed by atoms with Crippen LogP contribution in [0.5, 0.6) is 0 Å². The molecule has 1 spiro atoms. The van der Waals surface area contributed by atoms with Gasteiger partial charge in [0.25, 0.3) is 5.92 Å². The van der Waals surface area contributed by atoms with E-state index in [0.29, 0.717) is 28.6 Å². The number of hydrogen-bond donors (Lipinski definition) is 1. The van der Waals surface area contributed by atoms with E-state index in [1.807, 2.05) is 13.1 Å². The third-order valence-electron chi connectivity index (χ3n) is 5.41. The molecule has 3 aromatic rings. The number of thiazole rings is 1. The van der Waals surface area contributed by atoms with E-state index in [-0.39, 0.29) is 17.6 Å². The Morgan fingerprint density at radius 2 is 2.28 bits per heavy atom. The predicted octanol–water partition coefficient (Wildman–Crippen LogP) is 4.33. The Morgan fingerprint density at radius 3 is 3.07 bits per heavy atom. The zero-order valence-electron chi connectivity index (χ0n) is 15.4. The number of rotatable bonds is 3. The molecule has 0 amide bonds. The zero-order chi connectivity index (χ0) is 20.2. The molecule has 2 aliphatic heterocycles. The fraction of sp³-hybridized carbons (Fsp3) is 0.500. The van der Waals surface area contributed by atoms with E-state index in [9.17, 15) is 8.78 Å². The molecule has 3 aromatic heterocycles. The SMILES string of the molecule is C[C@H]1C[C@@]2(C[C@@H](c3cn(Cc4cncs4)nn3)N1)OCC(F)(F)c1cc(Cl)sc12. The van der Waals surface area contributed by atoms with Gasteiger partial charge >= 0.3 is 0 Å². The topological polar surface area (TPSA) is 64.9 Å². The summed E-state index contributed by atoms with van der Waals surface area (Å²) in [5, 5.41) is 12.1. The summed E-state index contributed by atoms with van der Waals surface area (Å²) in [4.78, 5) is 5.69. The lowest BCUT2D eigenvalue weighted by Crippen LogP contribution is -2.51. The summed E-state index contributed by atoms with van der Waals surface area (Å²) in [6.07, 6.45) is 4.79. The quantitative estimate of drug-likeness (QED) is 0.634. The number of halogens is 3. The van der Waals surface area contributed by atoms with Gasteiger partial charge in [-0.2, -0.15) is 8.78 Å². The summed E-state index contributed by atoms with van der Waals surface area (Å²) in [6, 6.07) is 1.29. The molecule has 154 valence electrons. The van der Waals surface area contributed by atoms with E-state index in [1.54, 1.807) is 27.7 Å². The van der Waals surface area contributed by atoms with Crippen LogP contribution < -0.4 is 5.32 Å². The number of nitrogens with zero attached hydrogens (tertiary/aromatic N) is 4. The largest absolute Gasteiger partial charge is 0.363 e. The molecule has 0 aromatic carbocycles. The van der Waals surface area contributed by atoms with Crippen LogP contribution in [-0.2, 0) is 22.8 Å². The average Bonchev–Trinajstić information content (AvgIpc) is 3.40. The van der Waals surface area contributed by atoms with Gasteiger partial charge in [0.15, 0.2) is 0 Å². The first-order chi connectivity index (χ1) is 13.8. The second kappa shape index (κ2) is 7.05. The predicted molar refractivity (Wildman–Crippen MR) is 107 cm³/mol. The minimum atomic E-state index is -3.02. The molecular formula is C18H18ClF2N5OS2. The van der Waals surface area contributed by atoms with Gasteiger partial charge in [0.2, 0.25) is 0 Å². The molecule has 0 unspecified atom stereocenters. The summed E-state index contributed by atoms with van der Waals surface area (Å²) >= 11 is 8.87. The van der Waals surface area contributed by atoms with Crippen molar-refractivity contribution in [2.45, 2.75) is 49.9 Å². The third kappa shape index (κ3) is 3.50. The highest BCUT2D eigenvalue weighted by Gasteiger charge is 2.53. The molecule has 1 saturated heterocycles. The highest BCUT2D eigenvalue weighted by Crippen LogP contribution is 2.54. The molecule has 0 radical (unpaired) electrons. The summed E-state index contributed by atoms with van der Waals surface area (Å²) < 4.78 is 36.9. The Morgan fingerprint density at radius 1 is 1.41 bits per heavy atom. The second-order valence-corrected chi connectivity index (χ2v) is 10.3. The fourth-order valence-electron chi connectivity index (χ4n) is 4.24. The first-order valence-electron chi connectivity index (χ1n) is 9.20. The molecule has 11 heteroatoms. The van der Waals surface area contributed by atoms with Crippen LogP contribution in [0.25, 0.3) is 0 Å². The Labute approximate surface area is 178 Å².